The molecular weight excluding hydrogens is 230 g/mol. The molecule has 5 heteroatoms. The summed E-state index contributed by atoms with van der Waals surface area (Å²) in [5, 5.41) is 23.6. The Morgan fingerprint density at radius 3 is 2.44 bits per heavy atom. The van der Waals surface area contributed by atoms with Crippen molar-refractivity contribution in [3.63, 3.8) is 0 Å². The van der Waals surface area contributed by atoms with Crippen LogP contribution in [-0.2, 0) is 6.54 Å². The van der Waals surface area contributed by atoms with E-state index in [4.69, 9.17) is 0 Å². The van der Waals surface area contributed by atoms with Gasteiger partial charge in [0, 0.05) is 25.8 Å². The minimum atomic E-state index is -0.619. The molecule has 0 unspecified atom stereocenters. The average molecular weight is 253 g/mol. The Kier molecular flexibility index (Phi) is 4.37. The van der Waals surface area contributed by atoms with Crippen LogP contribution in [0.5, 0.6) is 0 Å². The molecule has 0 amide bonds. The third kappa shape index (κ3) is 2.91. The van der Waals surface area contributed by atoms with E-state index in [-0.39, 0.29) is 0 Å². The molecule has 2 N–H and O–H groups in total. The first-order chi connectivity index (χ1) is 8.63. The lowest BCUT2D eigenvalue weighted by atomic mass is 10.2. The Hall–Kier alpha value is -0.910. The second kappa shape index (κ2) is 5.82. The summed E-state index contributed by atoms with van der Waals surface area (Å²) in [6.07, 6.45) is 2.95. The summed E-state index contributed by atoms with van der Waals surface area (Å²) < 4.78 is 2.03. The van der Waals surface area contributed by atoms with Gasteiger partial charge in [-0.05, 0) is 18.9 Å². The standard InChI is InChI=1S/C13H23N3O2/c1-3-11(4-2)16-6-5-10(14-16)7-15-8-12(17)13(18)9-15/h5-6,11-13,17-18H,3-4,7-9H2,1-2H3/t12-,13+. The Morgan fingerprint density at radius 1 is 1.28 bits per heavy atom. The predicted molar refractivity (Wildman–Crippen MR) is 69.1 cm³/mol. The van der Waals surface area contributed by atoms with Crippen LogP contribution in [0.15, 0.2) is 12.3 Å². The van der Waals surface area contributed by atoms with E-state index >= 15 is 0 Å². The van der Waals surface area contributed by atoms with Gasteiger partial charge in [0.2, 0.25) is 0 Å². The van der Waals surface area contributed by atoms with Crippen LogP contribution in [0.1, 0.15) is 38.4 Å². The van der Waals surface area contributed by atoms with Crippen molar-refractivity contribution in [3.8, 4) is 0 Å². The number of β-amino-alcohol motifs (C(OH)–C–C–N with tert-alkyl or cyclic N) is 2. The first kappa shape index (κ1) is 13.5. The maximum absolute atomic E-state index is 9.50. The molecule has 0 spiro atoms. The summed E-state index contributed by atoms with van der Waals surface area (Å²) in [5.74, 6) is 0. The Morgan fingerprint density at radius 2 is 1.89 bits per heavy atom. The number of likely N-dealkylation sites (tertiary alicyclic amines) is 1. The van der Waals surface area contributed by atoms with Crippen molar-refractivity contribution in [2.45, 2.75) is 51.5 Å². The van der Waals surface area contributed by atoms with E-state index in [0.29, 0.717) is 25.7 Å². The van der Waals surface area contributed by atoms with Crippen molar-refractivity contribution in [1.82, 2.24) is 14.7 Å². The molecule has 0 radical (unpaired) electrons. The van der Waals surface area contributed by atoms with Gasteiger partial charge in [0.1, 0.15) is 0 Å². The van der Waals surface area contributed by atoms with E-state index < -0.39 is 12.2 Å². The smallest absolute Gasteiger partial charge is 0.0938 e. The molecule has 1 fully saturated rings. The number of rotatable bonds is 5. The van der Waals surface area contributed by atoms with Crippen LogP contribution in [0, 0.1) is 0 Å². The average Bonchev–Trinajstić information content (AvgIpc) is 2.90. The van der Waals surface area contributed by atoms with Crippen molar-refractivity contribution in [1.29, 1.82) is 0 Å². The molecule has 1 saturated heterocycles. The first-order valence-electron chi connectivity index (χ1n) is 6.76. The summed E-state index contributed by atoms with van der Waals surface area (Å²) in [4.78, 5) is 2.04. The molecule has 2 atom stereocenters. The van der Waals surface area contributed by atoms with E-state index in [2.05, 4.69) is 18.9 Å². The SMILES string of the molecule is CCC(CC)n1ccc(CN2C[C@@H](O)[C@@H](O)C2)n1. The highest BCUT2D eigenvalue weighted by molar-refractivity contribution is 5.01. The Labute approximate surface area is 108 Å². The lowest BCUT2D eigenvalue weighted by Crippen LogP contribution is -2.22. The minimum absolute atomic E-state index is 0.466. The van der Waals surface area contributed by atoms with Gasteiger partial charge in [0.15, 0.2) is 0 Å². The van der Waals surface area contributed by atoms with Crippen molar-refractivity contribution in [3.05, 3.63) is 18.0 Å². The van der Waals surface area contributed by atoms with Gasteiger partial charge >= 0.3 is 0 Å². The lowest BCUT2D eigenvalue weighted by molar-refractivity contribution is 0.0572. The van der Waals surface area contributed by atoms with Gasteiger partial charge in [-0.25, -0.2) is 0 Å². The molecule has 1 aromatic rings. The van der Waals surface area contributed by atoms with Crippen molar-refractivity contribution in [2.75, 3.05) is 13.1 Å². The van der Waals surface area contributed by atoms with Crippen molar-refractivity contribution >= 4 is 0 Å². The molecule has 2 rings (SSSR count). The van der Waals surface area contributed by atoms with Crippen LogP contribution in [0.4, 0.5) is 0 Å². The van der Waals surface area contributed by atoms with E-state index in [1.165, 1.54) is 0 Å². The molecule has 2 heterocycles. The molecule has 1 aromatic heterocycles. The fourth-order valence-corrected chi connectivity index (χ4v) is 2.53. The highest BCUT2D eigenvalue weighted by Gasteiger charge is 2.29. The zero-order valence-corrected chi connectivity index (χ0v) is 11.2. The fourth-order valence-electron chi connectivity index (χ4n) is 2.53. The molecule has 1 aliphatic rings. The summed E-state index contributed by atoms with van der Waals surface area (Å²) in [6.45, 7) is 6.09. The summed E-state index contributed by atoms with van der Waals surface area (Å²) >= 11 is 0. The topological polar surface area (TPSA) is 61.5 Å². The van der Waals surface area contributed by atoms with E-state index in [1.807, 2.05) is 21.8 Å². The van der Waals surface area contributed by atoms with Gasteiger partial charge in [-0.3, -0.25) is 9.58 Å². The van der Waals surface area contributed by atoms with Crippen LogP contribution >= 0.6 is 0 Å². The zero-order valence-electron chi connectivity index (χ0n) is 11.2. The van der Waals surface area contributed by atoms with E-state index in [9.17, 15) is 10.2 Å². The third-order valence-corrected chi connectivity index (χ3v) is 3.70. The molecule has 0 aromatic carbocycles. The number of hydrogen-bond acceptors (Lipinski definition) is 4. The monoisotopic (exact) mass is 253 g/mol. The molecule has 0 saturated carbocycles. The molecule has 0 bridgehead atoms. The lowest BCUT2D eigenvalue weighted by Gasteiger charge is -2.14. The predicted octanol–water partition coefficient (Wildman–Crippen LogP) is 0.782. The molecule has 0 aliphatic carbocycles. The van der Waals surface area contributed by atoms with Gasteiger partial charge < -0.3 is 10.2 Å². The van der Waals surface area contributed by atoms with Gasteiger partial charge in [0.05, 0.1) is 23.9 Å². The quantitative estimate of drug-likeness (QED) is 0.814. The maximum Gasteiger partial charge on any atom is 0.0938 e. The van der Waals surface area contributed by atoms with E-state index in [1.54, 1.807) is 0 Å². The zero-order chi connectivity index (χ0) is 13.1. The van der Waals surface area contributed by atoms with Crippen LogP contribution < -0.4 is 0 Å². The highest BCUT2D eigenvalue weighted by Crippen LogP contribution is 2.17. The fraction of sp³-hybridized carbons (Fsp3) is 0.769. The Bertz CT molecular complexity index is 366. The number of aromatic nitrogens is 2. The largest absolute Gasteiger partial charge is 0.389 e. The maximum atomic E-state index is 9.50. The molecule has 1 aliphatic heterocycles. The normalized spacial score (nSPS) is 25.2. The molecule has 102 valence electrons. The number of aliphatic hydroxyl groups is 2. The van der Waals surface area contributed by atoms with Crippen molar-refractivity contribution < 1.29 is 10.2 Å². The Balaban J connectivity index is 1.95. The summed E-state index contributed by atoms with van der Waals surface area (Å²) in [5.41, 5.74) is 1.00. The van der Waals surface area contributed by atoms with Gasteiger partial charge in [-0.2, -0.15) is 5.10 Å². The summed E-state index contributed by atoms with van der Waals surface area (Å²) in [7, 11) is 0. The summed E-state index contributed by atoms with van der Waals surface area (Å²) in [6, 6.07) is 2.49. The second-order valence-electron chi connectivity index (χ2n) is 5.09. The molecule has 5 nitrogen and oxygen atoms in total. The van der Waals surface area contributed by atoms with Gasteiger partial charge in [-0.1, -0.05) is 13.8 Å². The molecular formula is C13H23N3O2. The minimum Gasteiger partial charge on any atom is -0.389 e. The first-order valence-corrected chi connectivity index (χ1v) is 6.76. The van der Waals surface area contributed by atoms with Gasteiger partial charge in [0.25, 0.3) is 0 Å². The van der Waals surface area contributed by atoms with Crippen LogP contribution in [0.3, 0.4) is 0 Å². The molecule has 18 heavy (non-hydrogen) atoms. The van der Waals surface area contributed by atoms with Gasteiger partial charge in [-0.15, -0.1) is 0 Å². The van der Waals surface area contributed by atoms with Crippen LogP contribution in [0.2, 0.25) is 0 Å². The van der Waals surface area contributed by atoms with Crippen LogP contribution in [-0.4, -0.2) is 50.2 Å². The number of nitrogens with zero attached hydrogens (tertiary/aromatic N) is 3. The third-order valence-electron chi connectivity index (χ3n) is 3.70. The number of hydrogen-bond donors (Lipinski definition) is 2. The second-order valence-corrected chi connectivity index (χ2v) is 5.09. The van der Waals surface area contributed by atoms with E-state index in [0.717, 1.165) is 18.5 Å². The van der Waals surface area contributed by atoms with Crippen LogP contribution in [0.25, 0.3) is 0 Å². The number of aliphatic hydroxyl groups excluding tert-OH is 2. The highest BCUT2D eigenvalue weighted by atomic mass is 16.3. The van der Waals surface area contributed by atoms with Crippen molar-refractivity contribution in [2.24, 2.45) is 0 Å².